The van der Waals surface area contributed by atoms with Gasteiger partial charge < -0.3 is 5.32 Å². The maximum Gasteiger partial charge on any atom is 0.123 e. The van der Waals surface area contributed by atoms with Crippen molar-refractivity contribution in [2.24, 2.45) is 0 Å². The Bertz CT molecular complexity index is 562. The summed E-state index contributed by atoms with van der Waals surface area (Å²) in [5, 5.41) is 3.32. The van der Waals surface area contributed by atoms with E-state index >= 15 is 0 Å². The van der Waals surface area contributed by atoms with Gasteiger partial charge in [0.05, 0.1) is 0 Å². The van der Waals surface area contributed by atoms with Crippen molar-refractivity contribution in [1.29, 1.82) is 0 Å². The van der Waals surface area contributed by atoms with Crippen LogP contribution in [0.15, 0.2) is 47.1 Å². The molecular formula is C15H14BrFN2. The van der Waals surface area contributed by atoms with Crippen molar-refractivity contribution in [2.45, 2.75) is 11.8 Å². The average Bonchev–Trinajstić information content (AvgIpc) is 2.37. The molecule has 2 nitrogen and oxygen atoms in total. The highest BCUT2D eigenvalue weighted by Crippen LogP contribution is 2.32. The van der Waals surface area contributed by atoms with E-state index in [9.17, 15) is 4.39 Å². The number of aromatic nitrogens is 1. The molecule has 1 aliphatic heterocycles. The first-order valence-corrected chi connectivity index (χ1v) is 7.04. The van der Waals surface area contributed by atoms with E-state index in [1.54, 1.807) is 0 Å². The fourth-order valence-corrected chi connectivity index (χ4v) is 2.75. The molecule has 0 amide bonds. The molecule has 0 aliphatic carbocycles. The fraction of sp³-hybridized carbons (Fsp3) is 0.267. The highest BCUT2D eigenvalue weighted by atomic mass is 79.9. The molecule has 1 saturated heterocycles. The molecule has 3 rings (SSSR count). The van der Waals surface area contributed by atoms with Crippen LogP contribution in [0.1, 0.15) is 11.3 Å². The lowest BCUT2D eigenvalue weighted by atomic mass is 9.72. The summed E-state index contributed by atoms with van der Waals surface area (Å²) in [6.45, 7) is 1.83. The Balaban J connectivity index is 1.87. The summed E-state index contributed by atoms with van der Waals surface area (Å²) in [6.07, 6.45) is 2.69. The van der Waals surface area contributed by atoms with Crippen LogP contribution >= 0.6 is 15.9 Å². The number of pyridine rings is 1. The highest BCUT2D eigenvalue weighted by Gasteiger charge is 2.39. The van der Waals surface area contributed by atoms with E-state index in [0.29, 0.717) is 0 Å². The van der Waals surface area contributed by atoms with Gasteiger partial charge in [0.1, 0.15) is 5.82 Å². The smallest absolute Gasteiger partial charge is 0.123 e. The normalized spacial score (nSPS) is 16.9. The lowest BCUT2D eigenvalue weighted by molar-refractivity contribution is 0.272. The van der Waals surface area contributed by atoms with Crippen LogP contribution in [0.25, 0.3) is 0 Å². The predicted octanol–water partition coefficient (Wildman–Crippen LogP) is 3.07. The molecular weight excluding hydrogens is 307 g/mol. The second kappa shape index (κ2) is 5.02. The SMILES string of the molecule is Fc1ccc(C2(Cc3ccc(Br)cn3)CNC2)cc1. The quantitative estimate of drug-likeness (QED) is 0.940. The average molecular weight is 321 g/mol. The Morgan fingerprint density at radius 1 is 1.16 bits per heavy atom. The van der Waals surface area contributed by atoms with Gasteiger partial charge in [-0.2, -0.15) is 0 Å². The number of halogens is 2. The van der Waals surface area contributed by atoms with Crippen LogP contribution < -0.4 is 5.32 Å². The van der Waals surface area contributed by atoms with E-state index in [1.807, 2.05) is 30.5 Å². The highest BCUT2D eigenvalue weighted by molar-refractivity contribution is 9.10. The minimum Gasteiger partial charge on any atom is -0.315 e. The fourth-order valence-electron chi connectivity index (χ4n) is 2.52. The van der Waals surface area contributed by atoms with Crippen molar-refractivity contribution in [3.8, 4) is 0 Å². The van der Waals surface area contributed by atoms with E-state index in [4.69, 9.17) is 0 Å². The van der Waals surface area contributed by atoms with Gasteiger partial charge in [0.15, 0.2) is 0 Å². The second-order valence-electron chi connectivity index (χ2n) is 5.04. The Kier molecular flexibility index (Phi) is 3.37. The number of nitrogens with zero attached hydrogens (tertiary/aromatic N) is 1. The third-order valence-electron chi connectivity index (χ3n) is 3.69. The summed E-state index contributed by atoms with van der Waals surface area (Å²) < 4.78 is 14.0. The lowest BCUT2D eigenvalue weighted by Crippen LogP contribution is -2.58. The predicted molar refractivity (Wildman–Crippen MR) is 76.6 cm³/mol. The molecule has 1 fully saturated rings. The molecule has 98 valence electrons. The van der Waals surface area contributed by atoms with E-state index in [1.165, 1.54) is 17.7 Å². The van der Waals surface area contributed by atoms with E-state index in [0.717, 1.165) is 29.7 Å². The van der Waals surface area contributed by atoms with Gasteiger partial charge in [0.2, 0.25) is 0 Å². The maximum absolute atomic E-state index is 13.0. The van der Waals surface area contributed by atoms with Crippen LogP contribution in [0.2, 0.25) is 0 Å². The number of rotatable bonds is 3. The summed E-state index contributed by atoms with van der Waals surface area (Å²) in [5.41, 5.74) is 2.29. The maximum atomic E-state index is 13.0. The molecule has 4 heteroatoms. The Hall–Kier alpha value is -1.26. The number of nitrogens with one attached hydrogen (secondary N) is 1. The topological polar surface area (TPSA) is 24.9 Å². The Morgan fingerprint density at radius 3 is 2.42 bits per heavy atom. The zero-order valence-corrected chi connectivity index (χ0v) is 12.0. The zero-order valence-electron chi connectivity index (χ0n) is 10.4. The van der Waals surface area contributed by atoms with Crippen LogP contribution in [-0.2, 0) is 11.8 Å². The molecule has 0 unspecified atom stereocenters. The van der Waals surface area contributed by atoms with E-state index in [2.05, 4.69) is 26.2 Å². The molecule has 1 aliphatic rings. The van der Waals surface area contributed by atoms with Gasteiger partial charge in [0, 0.05) is 41.3 Å². The minimum atomic E-state index is -0.187. The van der Waals surface area contributed by atoms with Crippen molar-refractivity contribution in [3.63, 3.8) is 0 Å². The molecule has 0 spiro atoms. The number of hydrogen-bond acceptors (Lipinski definition) is 2. The van der Waals surface area contributed by atoms with E-state index in [-0.39, 0.29) is 11.2 Å². The zero-order chi connectivity index (χ0) is 13.3. The van der Waals surface area contributed by atoms with Crippen molar-refractivity contribution in [1.82, 2.24) is 10.3 Å². The van der Waals surface area contributed by atoms with Crippen molar-refractivity contribution >= 4 is 15.9 Å². The molecule has 1 aromatic carbocycles. The molecule has 0 radical (unpaired) electrons. The first kappa shape index (κ1) is 12.8. The van der Waals surface area contributed by atoms with Gasteiger partial charge in [-0.05, 0) is 45.8 Å². The van der Waals surface area contributed by atoms with Gasteiger partial charge in [-0.25, -0.2) is 4.39 Å². The van der Waals surface area contributed by atoms with Crippen LogP contribution in [0.5, 0.6) is 0 Å². The first-order chi connectivity index (χ1) is 9.18. The number of hydrogen-bond donors (Lipinski definition) is 1. The number of benzene rings is 1. The molecule has 2 aromatic rings. The van der Waals surface area contributed by atoms with E-state index < -0.39 is 0 Å². The summed E-state index contributed by atoms with van der Waals surface area (Å²) in [4.78, 5) is 4.44. The molecule has 19 heavy (non-hydrogen) atoms. The summed E-state index contributed by atoms with van der Waals surface area (Å²) in [5.74, 6) is -0.187. The summed E-state index contributed by atoms with van der Waals surface area (Å²) in [6, 6.07) is 10.9. The van der Waals surface area contributed by atoms with Crippen molar-refractivity contribution < 1.29 is 4.39 Å². The molecule has 1 N–H and O–H groups in total. The van der Waals surface area contributed by atoms with Crippen LogP contribution in [0, 0.1) is 5.82 Å². The first-order valence-electron chi connectivity index (χ1n) is 6.25. The monoisotopic (exact) mass is 320 g/mol. The Morgan fingerprint density at radius 2 is 1.89 bits per heavy atom. The van der Waals surface area contributed by atoms with Gasteiger partial charge in [-0.3, -0.25) is 4.98 Å². The molecule has 0 saturated carbocycles. The second-order valence-corrected chi connectivity index (χ2v) is 5.95. The molecule has 2 heterocycles. The van der Waals surface area contributed by atoms with Gasteiger partial charge >= 0.3 is 0 Å². The lowest BCUT2D eigenvalue weighted by Gasteiger charge is -2.43. The largest absolute Gasteiger partial charge is 0.315 e. The summed E-state index contributed by atoms with van der Waals surface area (Å²) >= 11 is 3.39. The van der Waals surface area contributed by atoms with Crippen molar-refractivity contribution in [3.05, 3.63) is 64.1 Å². The third-order valence-corrected chi connectivity index (χ3v) is 4.16. The summed E-state index contributed by atoms with van der Waals surface area (Å²) in [7, 11) is 0. The molecule has 0 bridgehead atoms. The molecule has 0 atom stereocenters. The third kappa shape index (κ3) is 2.55. The van der Waals surface area contributed by atoms with Gasteiger partial charge in [-0.15, -0.1) is 0 Å². The minimum absolute atomic E-state index is 0.0501. The van der Waals surface area contributed by atoms with Crippen LogP contribution in [0.3, 0.4) is 0 Å². The molecule has 1 aromatic heterocycles. The Labute approximate surface area is 120 Å². The van der Waals surface area contributed by atoms with Crippen molar-refractivity contribution in [2.75, 3.05) is 13.1 Å². The standard InChI is InChI=1S/C15H14BrFN2/c16-12-3-6-14(19-8-12)7-15(9-18-10-15)11-1-4-13(17)5-2-11/h1-6,8,18H,7,9-10H2. The van der Waals surface area contributed by atoms with Crippen LogP contribution in [-0.4, -0.2) is 18.1 Å². The van der Waals surface area contributed by atoms with Crippen LogP contribution in [0.4, 0.5) is 4.39 Å². The van der Waals surface area contributed by atoms with Gasteiger partial charge in [0.25, 0.3) is 0 Å². The van der Waals surface area contributed by atoms with Gasteiger partial charge in [-0.1, -0.05) is 12.1 Å².